The molecule has 0 unspecified atom stereocenters. The maximum atomic E-state index is 13.1. The average molecular weight is 442 g/mol. The maximum absolute atomic E-state index is 13.1. The Labute approximate surface area is 179 Å². The van der Waals surface area contributed by atoms with Gasteiger partial charge in [-0.1, -0.05) is 12.1 Å². The predicted octanol–water partition coefficient (Wildman–Crippen LogP) is 2.37. The van der Waals surface area contributed by atoms with E-state index in [4.69, 9.17) is 9.47 Å². The molecule has 2 N–H and O–H groups in total. The Balaban J connectivity index is 1.25. The number of hydrogen-bond donors (Lipinski definition) is 2. The van der Waals surface area contributed by atoms with E-state index in [1.165, 1.54) is 16.4 Å². The van der Waals surface area contributed by atoms with Crippen LogP contribution in [-0.2, 0) is 14.8 Å². The number of anilines is 1. The molecule has 2 aliphatic rings. The molecule has 0 saturated carbocycles. The molecule has 1 saturated heterocycles. The van der Waals surface area contributed by atoms with Gasteiger partial charge in [0.15, 0.2) is 11.5 Å². The van der Waals surface area contributed by atoms with E-state index in [9.17, 15) is 13.2 Å². The minimum atomic E-state index is -3.67. The van der Waals surface area contributed by atoms with Crippen molar-refractivity contribution < 1.29 is 22.7 Å². The number of benzene rings is 2. The van der Waals surface area contributed by atoms with Gasteiger partial charge in [-0.2, -0.15) is 9.40 Å². The first kappa shape index (κ1) is 19.8. The summed E-state index contributed by atoms with van der Waals surface area (Å²) in [6.45, 7) is 1.40. The number of aromatic nitrogens is 2. The lowest BCUT2D eigenvalue weighted by atomic mass is 9.97. The third kappa shape index (κ3) is 3.72. The van der Waals surface area contributed by atoms with Gasteiger partial charge in [0, 0.05) is 30.5 Å². The third-order valence-electron chi connectivity index (χ3n) is 5.71. The molecule has 162 valence electrons. The fourth-order valence-corrected chi connectivity index (χ4v) is 5.49. The number of ether oxygens (including phenoxy) is 2. The predicted molar refractivity (Wildman–Crippen MR) is 114 cm³/mol. The zero-order chi connectivity index (χ0) is 21.4. The number of fused-ring (bicyclic) bond motifs is 2. The first-order valence-corrected chi connectivity index (χ1v) is 11.6. The van der Waals surface area contributed by atoms with Crippen molar-refractivity contribution in [3.8, 4) is 11.5 Å². The van der Waals surface area contributed by atoms with Gasteiger partial charge in [-0.15, -0.1) is 0 Å². The fourth-order valence-electron chi connectivity index (χ4n) is 4.00. The second-order valence-electron chi connectivity index (χ2n) is 7.61. The topological polar surface area (TPSA) is 114 Å². The van der Waals surface area contributed by atoms with E-state index >= 15 is 0 Å². The van der Waals surface area contributed by atoms with E-state index in [1.54, 1.807) is 12.3 Å². The minimum absolute atomic E-state index is 0.113. The number of piperidine rings is 1. The number of nitrogens with zero attached hydrogens (tertiary/aromatic N) is 2. The van der Waals surface area contributed by atoms with Crippen molar-refractivity contribution in [2.75, 3.05) is 31.6 Å². The standard InChI is InChI=1S/C21H22N4O5S/c26-21(23-17-3-1-2-15-13-22-24-20(15)17)14-6-8-25(9-7-14)31(27,28)16-4-5-18-19(12-16)30-11-10-29-18/h1-5,12-14H,6-11H2,(H,22,24)(H,23,26). The number of H-pyrrole nitrogens is 1. The van der Waals surface area contributed by atoms with Gasteiger partial charge in [0.05, 0.1) is 22.3 Å². The molecule has 1 fully saturated rings. The maximum Gasteiger partial charge on any atom is 0.243 e. The zero-order valence-electron chi connectivity index (χ0n) is 16.7. The van der Waals surface area contributed by atoms with Crippen LogP contribution in [0.15, 0.2) is 47.5 Å². The van der Waals surface area contributed by atoms with Crippen LogP contribution in [0.3, 0.4) is 0 Å². The minimum Gasteiger partial charge on any atom is -0.486 e. The first-order chi connectivity index (χ1) is 15.0. The van der Waals surface area contributed by atoms with Crippen molar-refractivity contribution in [2.45, 2.75) is 17.7 Å². The zero-order valence-corrected chi connectivity index (χ0v) is 17.5. The summed E-state index contributed by atoms with van der Waals surface area (Å²) in [6, 6.07) is 10.3. The number of carbonyl (C=O) groups excluding carboxylic acids is 1. The molecule has 31 heavy (non-hydrogen) atoms. The number of para-hydroxylation sites is 1. The van der Waals surface area contributed by atoms with E-state index in [0.29, 0.717) is 43.2 Å². The van der Waals surface area contributed by atoms with Crippen molar-refractivity contribution in [1.29, 1.82) is 0 Å². The van der Waals surface area contributed by atoms with Crippen LogP contribution in [0.25, 0.3) is 10.9 Å². The Hall–Kier alpha value is -3.11. The summed E-state index contributed by atoms with van der Waals surface area (Å²) in [6.07, 6.45) is 2.61. The van der Waals surface area contributed by atoms with Crippen LogP contribution in [0, 0.1) is 5.92 Å². The summed E-state index contributed by atoms with van der Waals surface area (Å²) in [5.74, 6) is 0.616. The molecule has 10 heteroatoms. The molecular weight excluding hydrogens is 420 g/mol. The van der Waals surface area contributed by atoms with Gasteiger partial charge < -0.3 is 14.8 Å². The number of carbonyl (C=O) groups is 1. The molecule has 3 heterocycles. The average Bonchev–Trinajstić information content (AvgIpc) is 3.29. The highest BCUT2D eigenvalue weighted by molar-refractivity contribution is 7.89. The van der Waals surface area contributed by atoms with Crippen molar-refractivity contribution in [3.05, 3.63) is 42.6 Å². The van der Waals surface area contributed by atoms with E-state index in [1.807, 2.05) is 18.2 Å². The highest BCUT2D eigenvalue weighted by Crippen LogP contribution is 2.34. The second-order valence-corrected chi connectivity index (χ2v) is 9.55. The van der Waals surface area contributed by atoms with Crippen LogP contribution in [-0.4, -0.2) is 55.1 Å². The van der Waals surface area contributed by atoms with Crippen molar-refractivity contribution in [2.24, 2.45) is 5.92 Å². The Morgan fingerprint density at radius 3 is 2.68 bits per heavy atom. The second kappa shape index (κ2) is 7.86. The van der Waals surface area contributed by atoms with Crippen molar-refractivity contribution >= 4 is 32.5 Å². The van der Waals surface area contributed by atoms with E-state index in [2.05, 4.69) is 15.5 Å². The summed E-state index contributed by atoms with van der Waals surface area (Å²) in [5.41, 5.74) is 1.45. The monoisotopic (exact) mass is 442 g/mol. The van der Waals surface area contributed by atoms with Gasteiger partial charge in [0.1, 0.15) is 13.2 Å². The van der Waals surface area contributed by atoms with Crippen molar-refractivity contribution in [3.63, 3.8) is 0 Å². The quantitative estimate of drug-likeness (QED) is 0.641. The summed E-state index contributed by atoms with van der Waals surface area (Å²) < 4.78 is 38.6. The molecule has 5 rings (SSSR count). The van der Waals surface area contributed by atoms with E-state index < -0.39 is 10.0 Å². The highest BCUT2D eigenvalue weighted by atomic mass is 32.2. The summed E-state index contributed by atoms with van der Waals surface area (Å²) in [7, 11) is -3.67. The lowest BCUT2D eigenvalue weighted by molar-refractivity contribution is -0.120. The number of sulfonamides is 1. The number of amides is 1. The molecule has 0 bridgehead atoms. The Kier molecular flexibility index (Phi) is 5.03. The smallest absolute Gasteiger partial charge is 0.243 e. The molecule has 2 aliphatic heterocycles. The molecular formula is C21H22N4O5S. The normalized spacial score (nSPS) is 17.5. The van der Waals surface area contributed by atoms with Gasteiger partial charge in [-0.3, -0.25) is 9.89 Å². The summed E-state index contributed by atoms with van der Waals surface area (Å²) >= 11 is 0. The fraction of sp³-hybridized carbons (Fsp3) is 0.333. The molecule has 0 spiro atoms. The number of rotatable bonds is 4. The number of aromatic amines is 1. The largest absolute Gasteiger partial charge is 0.486 e. The van der Waals surface area contributed by atoms with E-state index in [-0.39, 0.29) is 29.8 Å². The molecule has 0 radical (unpaired) electrons. The first-order valence-electron chi connectivity index (χ1n) is 10.1. The number of nitrogens with one attached hydrogen (secondary N) is 2. The lowest BCUT2D eigenvalue weighted by Gasteiger charge is -2.31. The van der Waals surface area contributed by atoms with Crippen LogP contribution in [0.4, 0.5) is 5.69 Å². The van der Waals surface area contributed by atoms with Crippen LogP contribution < -0.4 is 14.8 Å². The SMILES string of the molecule is O=C(Nc1cccc2cn[nH]c12)C1CCN(S(=O)(=O)c2ccc3c(c2)OCCO3)CC1. The Morgan fingerprint density at radius 2 is 1.87 bits per heavy atom. The highest BCUT2D eigenvalue weighted by Gasteiger charge is 2.33. The van der Waals surface area contributed by atoms with Crippen LogP contribution in [0.1, 0.15) is 12.8 Å². The van der Waals surface area contributed by atoms with Crippen LogP contribution in [0.5, 0.6) is 11.5 Å². The lowest BCUT2D eigenvalue weighted by Crippen LogP contribution is -2.41. The Bertz CT molecular complexity index is 1230. The van der Waals surface area contributed by atoms with Crippen LogP contribution >= 0.6 is 0 Å². The van der Waals surface area contributed by atoms with E-state index in [0.717, 1.165) is 10.9 Å². The van der Waals surface area contributed by atoms with Gasteiger partial charge in [-0.05, 0) is 31.0 Å². The van der Waals surface area contributed by atoms with Gasteiger partial charge in [0.2, 0.25) is 15.9 Å². The molecule has 9 nitrogen and oxygen atoms in total. The van der Waals surface area contributed by atoms with Gasteiger partial charge >= 0.3 is 0 Å². The molecule has 1 amide bonds. The van der Waals surface area contributed by atoms with Crippen molar-refractivity contribution in [1.82, 2.24) is 14.5 Å². The molecule has 2 aromatic carbocycles. The molecule has 0 aliphatic carbocycles. The molecule has 3 aromatic rings. The third-order valence-corrected chi connectivity index (χ3v) is 7.61. The summed E-state index contributed by atoms with van der Waals surface area (Å²) in [5, 5.41) is 10.8. The summed E-state index contributed by atoms with van der Waals surface area (Å²) in [4.78, 5) is 12.9. The Morgan fingerprint density at radius 1 is 1.10 bits per heavy atom. The molecule has 0 atom stereocenters. The van der Waals surface area contributed by atoms with Gasteiger partial charge in [0.25, 0.3) is 0 Å². The molecule has 1 aromatic heterocycles. The van der Waals surface area contributed by atoms with Gasteiger partial charge in [-0.25, -0.2) is 8.42 Å². The van der Waals surface area contributed by atoms with Crippen LogP contribution in [0.2, 0.25) is 0 Å². The number of hydrogen-bond acceptors (Lipinski definition) is 6.